The van der Waals surface area contributed by atoms with E-state index in [1.807, 2.05) is 6.07 Å². The zero-order chi connectivity index (χ0) is 13.0. The molecule has 2 heteroatoms. The molecule has 0 fully saturated rings. The first-order valence-corrected chi connectivity index (χ1v) is 6.39. The fourth-order valence-corrected chi connectivity index (χ4v) is 2.04. The molecule has 0 aliphatic carbocycles. The summed E-state index contributed by atoms with van der Waals surface area (Å²) in [5.74, 6) is 2.02. The molecule has 0 heterocycles. The third-order valence-corrected chi connectivity index (χ3v) is 3.05. The number of hydrogen-bond donors (Lipinski definition) is 1. The van der Waals surface area contributed by atoms with E-state index in [1.54, 1.807) is 7.11 Å². The van der Waals surface area contributed by atoms with Crippen LogP contribution in [0, 0.1) is 5.92 Å². The Bertz CT molecular complexity index is 358. The summed E-state index contributed by atoms with van der Waals surface area (Å²) in [6.07, 6.45) is 0.984. The van der Waals surface area contributed by atoms with Gasteiger partial charge in [-0.1, -0.05) is 39.8 Å². The van der Waals surface area contributed by atoms with Gasteiger partial charge in [0.05, 0.1) is 7.11 Å². The van der Waals surface area contributed by atoms with Crippen LogP contribution >= 0.6 is 0 Å². The van der Waals surface area contributed by atoms with Crippen LogP contribution in [0.4, 0.5) is 0 Å². The molecule has 0 spiro atoms. The number of ether oxygens (including phenoxy) is 1. The SMILES string of the molecule is COc1ccc(C(C)C)cc1C(N)CC(C)C. The Morgan fingerprint density at radius 1 is 1.18 bits per heavy atom. The number of nitrogens with two attached hydrogens (primary N) is 1. The number of hydrogen-bond acceptors (Lipinski definition) is 2. The molecule has 17 heavy (non-hydrogen) atoms. The first-order chi connectivity index (χ1) is 7.95. The van der Waals surface area contributed by atoms with Gasteiger partial charge in [0.25, 0.3) is 0 Å². The maximum atomic E-state index is 6.26. The minimum absolute atomic E-state index is 0.0589. The van der Waals surface area contributed by atoms with Gasteiger partial charge in [-0.15, -0.1) is 0 Å². The number of rotatable bonds is 5. The highest BCUT2D eigenvalue weighted by molar-refractivity contribution is 5.40. The van der Waals surface area contributed by atoms with Gasteiger partial charge in [-0.05, 0) is 29.9 Å². The van der Waals surface area contributed by atoms with Gasteiger partial charge in [-0.25, -0.2) is 0 Å². The van der Waals surface area contributed by atoms with Crippen molar-refractivity contribution < 1.29 is 4.74 Å². The predicted molar refractivity (Wildman–Crippen MR) is 73.5 cm³/mol. The zero-order valence-corrected chi connectivity index (χ0v) is 11.7. The number of benzene rings is 1. The summed E-state index contributed by atoms with van der Waals surface area (Å²) in [7, 11) is 1.70. The summed E-state index contributed by atoms with van der Waals surface area (Å²) in [5.41, 5.74) is 8.71. The van der Waals surface area contributed by atoms with Crippen LogP contribution in [0.3, 0.4) is 0 Å². The molecule has 0 aliphatic heterocycles. The van der Waals surface area contributed by atoms with Crippen molar-refractivity contribution in [2.45, 2.75) is 46.1 Å². The van der Waals surface area contributed by atoms with E-state index in [4.69, 9.17) is 10.5 Å². The highest BCUT2D eigenvalue weighted by atomic mass is 16.5. The largest absolute Gasteiger partial charge is 0.496 e. The van der Waals surface area contributed by atoms with Gasteiger partial charge < -0.3 is 10.5 Å². The fraction of sp³-hybridized carbons (Fsp3) is 0.600. The first-order valence-electron chi connectivity index (χ1n) is 6.39. The number of methoxy groups -OCH3 is 1. The van der Waals surface area contributed by atoms with Gasteiger partial charge in [0, 0.05) is 11.6 Å². The van der Waals surface area contributed by atoms with Crippen molar-refractivity contribution >= 4 is 0 Å². The van der Waals surface area contributed by atoms with E-state index in [9.17, 15) is 0 Å². The van der Waals surface area contributed by atoms with Crippen LogP contribution in [-0.4, -0.2) is 7.11 Å². The quantitative estimate of drug-likeness (QED) is 0.841. The predicted octanol–water partition coefficient (Wildman–Crippen LogP) is 3.86. The van der Waals surface area contributed by atoms with Crippen LogP contribution in [0.1, 0.15) is 57.2 Å². The summed E-state index contributed by atoms with van der Waals surface area (Å²) in [6.45, 7) is 8.77. The van der Waals surface area contributed by atoms with Gasteiger partial charge in [0.15, 0.2) is 0 Å². The van der Waals surface area contributed by atoms with Crippen LogP contribution in [-0.2, 0) is 0 Å². The maximum Gasteiger partial charge on any atom is 0.123 e. The summed E-state index contributed by atoms with van der Waals surface area (Å²) in [6, 6.07) is 6.40. The van der Waals surface area contributed by atoms with E-state index in [0.717, 1.165) is 17.7 Å². The van der Waals surface area contributed by atoms with E-state index < -0.39 is 0 Å². The molecule has 0 radical (unpaired) electrons. The molecule has 1 aromatic carbocycles. The summed E-state index contributed by atoms with van der Waals surface area (Å²) in [4.78, 5) is 0. The molecule has 0 aliphatic rings. The molecule has 1 rings (SSSR count). The Morgan fingerprint density at radius 2 is 1.82 bits per heavy atom. The van der Waals surface area contributed by atoms with Gasteiger partial charge in [-0.2, -0.15) is 0 Å². The molecule has 0 aromatic heterocycles. The van der Waals surface area contributed by atoms with E-state index in [0.29, 0.717) is 11.8 Å². The minimum atomic E-state index is 0.0589. The lowest BCUT2D eigenvalue weighted by atomic mass is 9.93. The molecule has 1 unspecified atom stereocenters. The van der Waals surface area contributed by atoms with Crippen molar-refractivity contribution in [2.24, 2.45) is 11.7 Å². The molecule has 0 saturated carbocycles. The molecular formula is C15H25NO. The molecule has 96 valence electrons. The molecule has 0 amide bonds. The first kappa shape index (κ1) is 14.0. The van der Waals surface area contributed by atoms with E-state index in [-0.39, 0.29) is 6.04 Å². The summed E-state index contributed by atoms with van der Waals surface area (Å²) >= 11 is 0. The second kappa shape index (κ2) is 6.06. The van der Waals surface area contributed by atoms with Gasteiger partial charge in [0.1, 0.15) is 5.75 Å². The van der Waals surface area contributed by atoms with Gasteiger partial charge >= 0.3 is 0 Å². The van der Waals surface area contributed by atoms with Gasteiger partial charge in [-0.3, -0.25) is 0 Å². The van der Waals surface area contributed by atoms with Crippen molar-refractivity contribution in [3.8, 4) is 5.75 Å². The maximum absolute atomic E-state index is 6.26. The lowest BCUT2D eigenvalue weighted by Crippen LogP contribution is -2.14. The molecule has 2 nitrogen and oxygen atoms in total. The van der Waals surface area contributed by atoms with Crippen LogP contribution in [0.2, 0.25) is 0 Å². The van der Waals surface area contributed by atoms with Crippen molar-refractivity contribution in [2.75, 3.05) is 7.11 Å². The Balaban J connectivity index is 3.05. The van der Waals surface area contributed by atoms with E-state index in [2.05, 4.69) is 39.8 Å². The monoisotopic (exact) mass is 235 g/mol. The highest BCUT2D eigenvalue weighted by Gasteiger charge is 2.15. The van der Waals surface area contributed by atoms with Crippen LogP contribution in [0.15, 0.2) is 18.2 Å². The zero-order valence-electron chi connectivity index (χ0n) is 11.7. The fourth-order valence-electron chi connectivity index (χ4n) is 2.04. The van der Waals surface area contributed by atoms with Crippen LogP contribution < -0.4 is 10.5 Å². The van der Waals surface area contributed by atoms with Crippen LogP contribution in [0.5, 0.6) is 5.75 Å². The standard InChI is InChI=1S/C15H25NO/c1-10(2)8-14(16)13-9-12(11(3)4)6-7-15(13)17-5/h6-7,9-11,14H,8,16H2,1-5H3. The van der Waals surface area contributed by atoms with E-state index >= 15 is 0 Å². The third kappa shape index (κ3) is 3.74. The Labute approximate surface area is 105 Å². The Hall–Kier alpha value is -1.02. The molecule has 0 saturated heterocycles. The summed E-state index contributed by atoms with van der Waals surface area (Å²) < 4.78 is 5.40. The molecule has 2 N–H and O–H groups in total. The van der Waals surface area contributed by atoms with Crippen molar-refractivity contribution in [1.29, 1.82) is 0 Å². The van der Waals surface area contributed by atoms with E-state index in [1.165, 1.54) is 5.56 Å². The Morgan fingerprint density at radius 3 is 2.29 bits per heavy atom. The smallest absolute Gasteiger partial charge is 0.123 e. The lowest BCUT2D eigenvalue weighted by molar-refractivity contribution is 0.399. The molecule has 1 aromatic rings. The molecular weight excluding hydrogens is 210 g/mol. The lowest BCUT2D eigenvalue weighted by Gasteiger charge is -2.19. The third-order valence-electron chi connectivity index (χ3n) is 3.05. The van der Waals surface area contributed by atoms with Gasteiger partial charge in [0.2, 0.25) is 0 Å². The minimum Gasteiger partial charge on any atom is -0.496 e. The summed E-state index contributed by atoms with van der Waals surface area (Å²) in [5, 5.41) is 0. The highest BCUT2D eigenvalue weighted by Crippen LogP contribution is 2.30. The normalized spacial score (nSPS) is 13.2. The molecule has 1 atom stereocenters. The van der Waals surface area contributed by atoms with Crippen molar-refractivity contribution in [3.05, 3.63) is 29.3 Å². The van der Waals surface area contributed by atoms with Crippen molar-refractivity contribution in [1.82, 2.24) is 0 Å². The second-order valence-corrected chi connectivity index (χ2v) is 5.39. The van der Waals surface area contributed by atoms with Crippen LogP contribution in [0.25, 0.3) is 0 Å². The second-order valence-electron chi connectivity index (χ2n) is 5.39. The average molecular weight is 235 g/mol. The Kier molecular flexibility index (Phi) is 5.01. The topological polar surface area (TPSA) is 35.2 Å². The average Bonchev–Trinajstić information content (AvgIpc) is 2.27. The van der Waals surface area contributed by atoms with Crippen molar-refractivity contribution in [3.63, 3.8) is 0 Å². The molecule has 0 bridgehead atoms.